The highest BCUT2D eigenvalue weighted by molar-refractivity contribution is 5.81. The van der Waals surface area contributed by atoms with Crippen LogP contribution in [0.2, 0.25) is 0 Å². The molecule has 2 aromatic heterocycles. The van der Waals surface area contributed by atoms with Crippen molar-refractivity contribution < 1.29 is 4.42 Å². The number of pyridine rings is 1. The first-order chi connectivity index (χ1) is 6.22. The molecule has 0 aromatic carbocycles. The molecule has 64 valence electrons. The second-order valence-electron chi connectivity index (χ2n) is 2.96. The maximum atomic E-state index is 8.62. The molecule has 3 nitrogen and oxygen atoms in total. The van der Waals surface area contributed by atoms with Crippen molar-refractivity contribution in [2.24, 2.45) is 0 Å². The Morgan fingerprint density at radius 1 is 1.46 bits per heavy atom. The molecule has 0 saturated carbocycles. The fraction of sp³-hybridized carbons (Fsp3) is 0.200. The predicted molar refractivity (Wildman–Crippen MR) is 48.2 cm³/mol. The standard InChI is InChI=1S/C10H8N2O/c1-6-7(2)13-10-3-8(4-11)12-5-9(6)10/h3,5H,1-2H3. The van der Waals surface area contributed by atoms with E-state index in [9.17, 15) is 0 Å². The molecule has 2 heterocycles. The van der Waals surface area contributed by atoms with Crippen molar-refractivity contribution in [2.75, 3.05) is 0 Å². The summed E-state index contributed by atoms with van der Waals surface area (Å²) in [6.07, 6.45) is 1.68. The minimum absolute atomic E-state index is 0.390. The lowest BCUT2D eigenvalue weighted by Gasteiger charge is -1.88. The summed E-state index contributed by atoms with van der Waals surface area (Å²) in [5, 5.41) is 9.60. The highest BCUT2D eigenvalue weighted by Gasteiger charge is 2.07. The number of hydrogen-bond acceptors (Lipinski definition) is 3. The highest BCUT2D eigenvalue weighted by atomic mass is 16.3. The lowest BCUT2D eigenvalue weighted by Crippen LogP contribution is -1.80. The molecule has 0 amide bonds. The summed E-state index contributed by atoms with van der Waals surface area (Å²) >= 11 is 0. The molecule has 0 aliphatic carbocycles. The molecule has 0 fully saturated rings. The van der Waals surface area contributed by atoms with Crippen LogP contribution < -0.4 is 0 Å². The van der Waals surface area contributed by atoms with Gasteiger partial charge in [0.15, 0.2) is 0 Å². The van der Waals surface area contributed by atoms with Gasteiger partial charge >= 0.3 is 0 Å². The molecule has 13 heavy (non-hydrogen) atoms. The number of nitriles is 1. The first kappa shape index (κ1) is 7.81. The number of fused-ring (bicyclic) bond motifs is 1. The van der Waals surface area contributed by atoms with Crippen LogP contribution in [-0.4, -0.2) is 4.98 Å². The van der Waals surface area contributed by atoms with Crippen molar-refractivity contribution >= 4 is 11.0 Å². The minimum atomic E-state index is 0.390. The van der Waals surface area contributed by atoms with Gasteiger partial charge in [-0.05, 0) is 19.4 Å². The van der Waals surface area contributed by atoms with Crippen LogP contribution in [0, 0.1) is 25.2 Å². The van der Waals surface area contributed by atoms with Gasteiger partial charge in [0.05, 0.1) is 0 Å². The summed E-state index contributed by atoms with van der Waals surface area (Å²) in [4.78, 5) is 3.98. The summed E-state index contributed by atoms with van der Waals surface area (Å²) in [7, 11) is 0. The Hall–Kier alpha value is -1.82. The van der Waals surface area contributed by atoms with E-state index in [2.05, 4.69) is 4.98 Å². The van der Waals surface area contributed by atoms with Gasteiger partial charge in [0.2, 0.25) is 0 Å². The zero-order chi connectivity index (χ0) is 9.42. The van der Waals surface area contributed by atoms with E-state index in [0.29, 0.717) is 5.69 Å². The number of hydrogen-bond donors (Lipinski definition) is 0. The van der Waals surface area contributed by atoms with Crippen molar-refractivity contribution in [3.05, 3.63) is 29.3 Å². The smallest absolute Gasteiger partial charge is 0.144 e. The fourth-order valence-electron chi connectivity index (χ4n) is 1.30. The van der Waals surface area contributed by atoms with Crippen LogP contribution in [0.15, 0.2) is 16.7 Å². The molecule has 0 unspecified atom stereocenters. The fourth-order valence-corrected chi connectivity index (χ4v) is 1.30. The molecule has 0 radical (unpaired) electrons. The Kier molecular flexibility index (Phi) is 1.56. The van der Waals surface area contributed by atoms with E-state index < -0.39 is 0 Å². The SMILES string of the molecule is Cc1oc2cc(C#N)ncc2c1C. The van der Waals surface area contributed by atoms with Gasteiger partial charge in [-0.25, -0.2) is 4.98 Å². The number of rotatable bonds is 0. The molecule has 0 atom stereocenters. The average molecular weight is 172 g/mol. The monoisotopic (exact) mass is 172 g/mol. The predicted octanol–water partition coefficient (Wildman–Crippen LogP) is 2.32. The van der Waals surface area contributed by atoms with Gasteiger partial charge in [-0.1, -0.05) is 0 Å². The number of aromatic nitrogens is 1. The van der Waals surface area contributed by atoms with Crippen LogP contribution in [0.4, 0.5) is 0 Å². The van der Waals surface area contributed by atoms with Crippen LogP contribution in [0.1, 0.15) is 17.0 Å². The van der Waals surface area contributed by atoms with Crippen molar-refractivity contribution in [2.45, 2.75) is 13.8 Å². The zero-order valence-electron chi connectivity index (χ0n) is 7.46. The number of aryl methyl sites for hydroxylation is 2. The molecular formula is C10H8N2O. The maximum Gasteiger partial charge on any atom is 0.144 e. The Labute approximate surface area is 75.6 Å². The Bertz CT molecular complexity index is 505. The molecule has 0 bridgehead atoms. The van der Waals surface area contributed by atoms with Crippen molar-refractivity contribution in [3.8, 4) is 6.07 Å². The third kappa shape index (κ3) is 1.07. The van der Waals surface area contributed by atoms with Crippen LogP contribution >= 0.6 is 0 Å². The molecule has 0 N–H and O–H groups in total. The highest BCUT2D eigenvalue weighted by Crippen LogP contribution is 2.23. The zero-order valence-corrected chi connectivity index (χ0v) is 7.46. The summed E-state index contributed by atoms with van der Waals surface area (Å²) in [5.74, 6) is 0.881. The van der Waals surface area contributed by atoms with E-state index in [0.717, 1.165) is 22.3 Å². The van der Waals surface area contributed by atoms with E-state index >= 15 is 0 Å². The largest absolute Gasteiger partial charge is 0.461 e. The third-order valence-corrected chi connectivity index (χ3v) is 2.18. The minimum Gasteiger partial charge on any atom is -0.461 e. The molecule has 0 aliphatic heterocycles. The average Bonchev–Trinajstić information content (AvgIpc) is 2.42. The van der Waals surface area contributed by atoms with Gasteiger partial charge in [-0.2, -0.15) is 5.26 Å². The number of nitrogens with zero attached hydrogens (tertiary/aromatic N) is 2. The van der Waals surface area contributed by atoms with Gasteiger partial charge < -0.3 is 4.42 Å². The normalized spacial score (nSPS) is 10.2. The first-order valence-electron chi connectivity index (χ1n) is 3.98. The molecule has 0 spiro atoms. The topological polar surface area (TPSA) is 49.8 Å². The third-order valence-electron chi connectivity index (χ3n) is 2.18. The maximum absolute atomic E-state index is 8.62. The van der Waals surface area contributed by atoms with E-state index in [4.69, 9.17) is 9.68 Å². The summed E-state index contributed by atoms with van der Waals surface area (Å²) < 4.78 is 5.45. The molecule has 0 saturated heterocycles. The van der Waals surface area contributed by atoms with Crippen LogP contribution in [0.25, 0.3) is 11.0 Å². The van der Waals surface area contributed by atoms with E-state index in [1.54, 1.807) is 12.3 Å². The molecular weight excluding hydrogens is 164 g/mol. The van der Waals surface area contributed by atoms with Gasteiger partial charge in [-0.15, -0.1) is 0 Å². The van der Waals surface area contributed by atoms with E-state index in [1.165, 1.54) is 0 Å². The van der Waals surface area contributed by atoms with Crippen molar-refractivity contribution in [1.82, 2.24) is 4.98 Å². The lowest BCUT2D eigenvalue weighted by atomic mass is 10.2. The Morgan fingerprint density at radius 3 is 2.92 bits per heavy atom. The molecule has 0 aliphatic rings. The van der Waals surface area contributed by atoms with Crippen LogP contribution in [0.3, 0.4) is 0 Å². The van der Waals surface area contributed by atoms with Crippen molar-refractivity contribution in [3.63, 3.8) is 0 Å². The summed E-state index contributed by atoms with van der Waals surface area (Å²) in [6, 6.07) is 3.64. The van der Waals surface area contributed by atoms with Gasteiger partial charge in [0.1, 0.15) is 23.1 Å². The van der Waals surface area contributed by atoms with Gasteiger partial charge in [-0.3, -0.25) is 0 Å². The second-order valence-corrected chi connectivity index (χ2v) is 2.96. The van der Waals surface area contributed by atoms with Crippen molar-refractivity contribution in [1.29, 1.82) is 5.26 Å². The Morgan fingerprint density at radius 2 is 2.23 bits per heavy atom. The lowest BCUT2D eigenvalue weighted by molar-refractivity contribution is 0.574. The quantitative estimate of drug-likeness (QED) is 0.612. The summed E-state index contributed by atoms with van der Waals surface area (Å²) in [5.41, 5.74) is 2.22. The molecule has 3 heteroatoms. The molecule has 2 rings (SSSR count). The second kappa shape index (κ2) is 2.60. The van der Waals surface area contributed by atoms with Crippen LogP contribution in [0.5, 0.6) is 0 Å². The van der Waals surface area contributed by atoms with E-state index in [-0.39, 0.29) is 0 Å². The first-order valence-corrected chi connectivity index (χ1v) is 3.98. The summed E-state index contributed by atoms with van der Waals surface area (Å²) in [6.45, 7) is 3.89. The number of furan rings is 1. The van der Waals surface area contributed by atoms with Gasteiger partial charge in [0, 0.05) is 17.6 Å². The van der Waals surface area contributed by atoms with Crippen LogP contribution in [-0.2, 0) is 0 Å². The molecule has 2 aromatic rings. The Balaban J connectivity index is 2.82. The van der Waals surface area contributed by atoms with Gasteiger partial charge in [0.25, 0.3) is 0 Å². The van der Waals surface area contributed by atoms with E-state index in [1.807, 2.05) is 19.9 Å².